The number of carbonyl (C=O) groups excluding carboxylic acids is 1. The number of benzene rings is 4. The van der Waals surface area contributed by atoms with Gasteiger partial charge in [0.25, 0.3) is 5.56 Å². The van der Waals surface area contributed by atoms with Gasteiger partial charge in [0.2, 0.25) is 0 Å². The van der Waals surface area contributed by atoms with Gasteiger partial charge in [-0.15, -0.1) is 0 Å². The smallest absolute Gasteiger partial charge is 0.434 e. The van der Waals surface area contributed by atoms with Crippen LogP contribution in [0.2, 0.25) is 10.0 Å². The van der Waals surface area contributed by atoms with Gasteiger partial charge < -0.3 is 9.47 Å². The molecule has 1 aromatic heterocycles. The molecule has 1 aliphatic rings. The number of alkyl halides is 3. The molecule has 46 heavy (non-hydrogen) atoms. The number of halogens is 5. The van der Waals surface area contributed by atoms with Crippen molar-refractivity contribution in [3.8, 4) is 5.75 Å². The van der Waals surface area contributed by atoms with Gasteiger partial charge in [0.15, 0.2) is 10.5 Å². The molecule has 0 fully saturated rings. The molecule has 1 aliphatic heterocycles. The summed E-state index contributed by atoms with van der Waals surface area (Å²) in [4.78, 5) is 30.9. The second-order valence-electron chi connectivity index (χ2n) is 10.2. The Morgan fingerprint density at radius 2 is 1.76 bits per heavy atom. The summed E-state index contributed by atoms with van der Waals surface area (Å²) in [6.07, 6.45) is -3.43. The number of hydrogen-bond acceptors (Lipinski definition) is 6. The van der Waals surface area contributed by atoms with Gasteiger partial charge in [0.1, 0.15) is 12.4 Å². The van der Waals surface area contributed by atoms with Crippen LogP contribution in [0.1, 0.15) is 29.7 Å². The minimum Gasteiger partial charge on any atom is -0.488 e. The zero-order valence-electron chi connectivity index (χ0n) is 24.0. The highest BCUT2D eigenvalue weighted by molar-refractivity contribution is 7.07. The highest BCUT2D eigenvalue weighted by atomic mass is 35.5. The standard InChI is InChI=1S/C34H23Cl2F3N2O4S/c1-2-44-32(43)28-29(21-10-13-22(35)14-11-21)41-31(42)27(46-33(41)40-30(28)34(37,38)39)17-25-24-9-4-3-7-20(24)12-15-26(25)45-18-19-6-5-8-23(36)16-19/h3-17,29H,2,18H2,1H3/b27-17-/t29-/m1/s1. The highest BCUT2D eigenvalue weighted by Gasteiger charge is 2.45. The number of rotatable bonds is 7. The monoisotopic (exact) mass is 682 g/mol. The second-order valence-corrected chi connectivity index (χ2v) is 12.1. The third-order valence-electron chi connectivity index (χ3n) is 7.27. The summed E-state index contributed by atoms with van der Waals surface area (Å²) in [7, 11) is 0. The van der Waals surface area contributed by atoms with Crippen LogP contribution in [0.15, 0.2) is 106 Å². The number of ether oxygens (including phenoxy) is 2. The van der Waals surface area contributed by atoms with Crippen molar-refractivity contribution in [2.24, 2.45) is 4.99 Å². The zero-order chi connectivity index (χ0) is 32.6. The van der Waals surface area contributed by atoms with Crippen molar-refractivity contribution in [2.45, 2.75) is 25.7 Å². The minimum absolute atomic E-state index is 0.0910. The maximum atomic E-state index is 14.5. The number of hydrogen-bond donors (Lipinski definition) is 0. The van der Waals surface area contributed by atoms with Crippen LogP contribution in [-0.2, 0) is 16.1 Å². The molecule has 0 aliphatic carbocycles. The first-order valence-corrected chi connectivity index (χ1v) is 15.6. The summed E-state index contributed by atoms with van der Waals surface area (Å²) in [6.45, 7) is 1.48. The molecule has 234 valence electrons. The molecule has 5 aromatic rings. The van der Waals surface area contributed by atoms with Crippen molar-refractivity contribution in [1.29, 1.82) is 0 Å². The fraction of sp³-hybridized carbons (Fsp3) is 0.147. The van der Waals surface area contributed by atoms with Gasteiger partial charge in [-0.05, 0) is 65.2 Å². The van der Waals surface area contributed by atoms with Crippen molar-refractivity contribution in [3.63, 3.8) is 0 Å². The van der Waals surface area contributed by atoms with E-state index in [1.54, 1.807) is 30.3 Å². The van der Waals surface area contributed by atoms with Crippen LogP contribution >= 0.6 is 34.5 Å². The van der Waals surface area contributed by atoms with E-state index in [4.69, 9.17) is 32.7 Å². The van der Waals surface area contributed by atoms with Crippen molar-refractivity contribution >= 4 is 57.4 Å². The highest BCUT2D eigenvalue weighted by Crippen LogP contribution is 2.38. The molecule has 0 bridgehead atoms. The fourth-order valence-electron chi connectivity index (χ4n) is 5.27. The van der Waals surface area contributed by atoms with Gasteiger partial charge in [-0.3, -0.25) is 9.36 Å². The lowest BCUT2D eigenvalue weighted by Gasteiger charge is -2.26. The molecular weight excluding hydrogens is 660 g/mol. The average Bonchev–Trinajstić information content (AvgIpc) is 3.34. The van der Waals surface area contributed by atoms with Gasteiger partial charge in [0.05, 0.1) is 22.8 Å². The molecule has 6 rings (SSSR count). The van der Waals surface area contributed by atoms with Gasteiger partial charge in [0, 0.05) is 15.6 Å². The minimum atomic E-state index is -5.01. The predicted octanol–water partition coefficient (Wildman–Crippen LogP) is 7.38. The molecule has 0 saturated carbocycles. The first-order valence-electron chi connectivity index (χ1n) is 14.0. The third kappa shape index (κ3) is 6.20. The number of thiazole rings is 1. The van der Waals surface area contributed by atoms with E-state index in [0.717, 1.165) is 32.2 Å². The van der Waals surface area contributed by atoms with Crippen LogP contribution < -0.4 is 19.6 Å². The summed E-state index contributed by atoms with van der Waals surface area (Å²) in [5, 5.41) is 2.50. The lowest BCUT2D eigenvalue weighted by molar-refractivity contribution is -0.140. The largest absolute Gasteiger partial charge is 0.488 e. The molecule has 12 heteroatoms. The molecule has 0 spiro atoms. The molecule has 4 aromatic carbocycles. The van der Waals surface area contributed by atoms with Gasteiger partial charge in [-0.1, -0.05) is 89.1 Å². The number of nitrogens with zero attached hydrogens (tertiary/aromatic N) is 2. The molecule has 1 atom stereocenters. The van der Waals surface area contributed by atoms with Crippen molar-refractivity contribution in [1.82, 2.24) is 4.57 Å². The molecule has 0 amide bonds. The summed E-state index contributed by atoms with van der Waals surface area (Å²) in [6, 6.07) is 22.7. The Balaban J connectivity index is 1.58. The summed E-state index contributed by atoms with van der Waals surface area (Å²) >= 11 is 13.0. The van der Waals surface area contributed by atoms with E-state index in [-0.39, 0.29) is 28.1 Å². The molecule has 2 heterocycles. The van der Waals surface area contributed by atoms with E-state index < -0.39 is 35.0 Å². The second kappa shape index (κ2) is 12.8. The lowest BCUT2D eigenvalue weighted by Crippen LogP contribution is -2.41. The van der Waals surface area contributed by atoms with Gasteiger partial charge >= 0.3 is 12.1 Å². The lowest BCUT2D eigenvalue weighted by atomic mass is 9.95. The molecule has 0 radical (unpaired) electrons. The van der Waals surface area contributed by atoms with Crippen LogP contribution in [0, 0.1) is 0 Å². The Kier molecular flexibility index (Phi) is 8.78. The number of allylic oxidation sites excluding steroid dienone is 1. The summed E-state index contributed by atoms with van der Waals surface area (Å²) < 4.78 is 55.8. The molecule has 0 saturated heterocycles. The summed E-state index contributed by atoms with van der Waals surface area (Å²) in [5.41, 5.74) is -1.25. The number of aromatic nitrogens is 1. The first-order chi connectivity index (χ1) is 22.0. The van der Waals surface area contributed by atoms with E-state index in [2.05, 4.69) is 4.99 Å². The van der Waals surface area contributed by atoms with Crippen LogP contribution in [0.4, 0.5) is 13.2 Å². The number of fused-ring (bicyclic) bond motifs is 2. The Bertz CT molecular complexity index is 2190. The van der Waals surface area contributed by atoms with Gasteiger partial charge in [-0.25, -0.2) is 9.79 Å². The van der Waals surface area contributed by atoms with Crippen molar-refractivity contribution < 1.29 is 27.4 Å². The van der Waals surface area contributed by atoms with E-state index in [9.17, 15) is 22.8 Å². The fourth-order valence-corrected chi connectivity index (χ4v) is 6.59. The van der Waals surface area contributed by atoms with Crippen LogP contribution in [-0.4, -0.2) is 23.3 Å². The quantitative estimate of drug-likeness (QED) is 0.168. The average molecular weight is 684 g/mol. The Morgan fingerprint density at radius 1 is 1.00 bits per heavy atom. The van der Waals surface area contributed by atoms with Crippen LogP contribution in [0.25, 0.3) is 16.8 Å². The van der Waals surface area contributed by atoms with E-state index in [1.807, 2.05) is 36.4 Å². The number of esters is 1. The zero-order valence-corrected chi connectivity index (χ0v) is 26.3. The Morgan fingerprint density at radius 3 is 2.48 bits per heavy atom. The van der Waals surface area contributed by atoms with Crippen molar-refractivity contribution in [3.05, 3.63) is 143 Å². The van der Waals surface area contributed by atoms with E-state index in [1.165, 1.54) is 31.2 Å². The molecular formula is C34H23Cl2F3N2O4S. The maximum absolute atomic E-state index is 14.5. The number of carbonyl (C=O) groups is 1. The Hall–Kier alpha value is -4.38. The summed E-state index contributed by atoms with van der Waals surface area (Å²) in [5.74, 6) is -0.777. The van der Waals surface area contributed by atoms with E-state index >= 15 is 0 Å². The normalized spacial score (nSPS) is 15.1. The van der Waals surface area contributed by atoms with E-state index in [0.29, 0.717) is 21.4 Å². The maximum Gasteiger partial charge on any atom is 0.434 e. The van der Waals surface area contributed by atoms with Crippen LogP contribution in [0.5, 0.6) is 5.75 Å². The SMILES string of the molecule is CCOC(=O)C1=C(C(F)(F)F)N=c2s/c(=C\c3c(OCc4cccc(Cl)c4)ccc4ccccc34)c(=O)n2[C@@H]1c1ccc(Cl)cc1. The van der Waals surface area contributed by atoms with Crippen molar-refractivity contribution in [2.75, 3.05) is 6.61 Å². The first kappa shape index (κ1) is 31.6. The predicted molar refractivity (Wildman–Crippen MR) is 172 cm³/mol. The molecule has 0 N–H and O–H groups in total. The van der Waals surface area contributed by atoms with Crippen LogP contribution in [0.3, 0.4) is 0 Å². The Labute approximate surface area is 274 Å². The third-order valence-corrected chi connectivity index (χ3v) is 8.74. The van der Waals surface area contributed by atoms with Gasteiger partial charge in [-0.2, -0.15) is 13.2 Å². The molecule has 6 nitrogen and oxygen atoms in total. The molecule has 0 unspecified atom stereocenters. The topological polar surface area (TPSA) is 69.9 Å².